The molecule has 152 valence electrons. The van der Waals surface area contributed by atoms with Crippen LogP contribution in [0.1, 0.15) is 11.3 Å². The molecule has 28 heavy (non-hydrogen) atoms. The summed E-state index contributed by atoms with van der Waals surface area (Å²) < 4.78 is 43.5. The largest absolute Gasteiger partial charge is 0.467 e. The predicted molar refractivity (Wildman–Crippen MR) is 94.6 cm³/mol. The first-order chi connectivity index (χ1) is 13.0. The number of likely N-dealkylation sites (N-methyl/N-ethyl adjacent to an activating group) is 1. The average Bonchev–Trinajstić information content (AvgIpc) is 3.07. The van der Waals surface area contributed by atoms with E-state index < -0.39 is 23.6 Å². The molecule has 0 saturated carbocycles. The number of rotatable bonds is 8. The molecule has 2 rings (SSSR count). The second-order valence-corrected chi connectivity index (χ2v) is 6.56. The van der Waals surface area contributed by atoms with Gasteiger partial charge in [-0.15, -0.1) is 0 Å². The van der Waals surface area contributed by atoms with E-state index in [-0.39, 0.29) is 36.1 Å². The second-order valence-electron chi connectivity index (χ2n) is 6.15. The van der Waals surface area contributed by atoms with E-state index in [2.05, 4.69) is 0 Å². The quantitative estimate of drug-likeness (QED) is 0.479. The fourth-order valence-corrected chi connectivity index (χ4v) is 2.69. The summed E-state index contributed by atoms with van der Waals surface area (Å²) in [6.07, 6.45) is -3.26. The number of nitro benzene ring substituents is 1. The van der Waals surface area contributed by atoms with Crippen molar-refractivity contribution in [1.29, 1.82) is 0 Å². The Labute approximate surface area is 163 Å². The normalized spacial score (nSPS) is 11.6. The number of non-ortho nitro benzene ring substituents is 1. The van der Waals surface area contributed by atoms with Crippen LogP contribution in [0.3, 0.4) is 0 Å². The molecule has 2 aromatic rings. The van der Waals surface area contributed by atoms with E-state index in [1.54, 1.807) is 0 Å². The van der Waals surface area contributed by atoms with Crippen molar-refractivity contribution in [3.05, 3.63) is 63.1 Å². The first-order valence-corrected chi connectivity index (χ1v) is 8.41. The highest BCUT2D eigenvalue weighted by Crippen LogP contribution is 2.23. The highest BCUT2D eigenvalue weighted by Gasteiger charge is 2.33. The molecule has 0 saturated heterocycles. The molecule has 0 aliphatic carbocycles. The van der Waals surface area contributed by atoms with Crippen LogP contribution < -0.4 is 0 Å². The molecule has 1 heterocycles. The Bertz CT molecular complexity index is 828. The minimum absolute atomic E-state index is 0.0485. The number of alkyl halides is 3. The molecular weight excluding hydrogens is 403 g/mol. The van der Waals surface area contributed by atoms with Crippen LogP contribution in [0.25, 0.3) is 0 Å². The lowest BCUT2D eigenvalue weighted by atomic mass is 10.2. The van der Waals surface area contributed by atoms with Gasteiger partial charge in [-0.3, -0.25) is 19.8 Å². The minimum atomic E-state index is -4.57. The molecule has 7 nitrogen and oxygen atoms in total. The number of nitrogens with zero attached hydrogens (tertiary/aromatic N) is 3. The van der Waals surface area contributed by atoms with E-state index >= 15 is 0 Å². The number of carbonyl (C=O) groups excluding carboxylic acids is 1. The first kappa shape index (κ1) is 21.7. The number of furan rings is 1. The van der Waals surface area contributed by atoms with E-state index in [9.17, 15) is 28.1 Å². The summed E-state index contributed by atoms with van der Waals surface area (Å²) >= 11 is 6.02. The number of hydrogen-bond donors (Lipinski definition) is 0. The number of hydrogen-bond acceptors (Lipinski definition) is 5. The molecule has 0 unspecified atom stereocenters. The number of carbonyl (C=O) groups is 1. The fraction of sp³-hybridized carbons (Fsp3) is 0.353. The van der Waals surface area contributed by atoms with Crippen LogP contribution in [-0.2, 0) is 17.9 Å². The summed E-state index contributed by atoms with van der Waals surface area (Å²) in [6.45, 7) is -2.03. The summed E-state index contributed by atoms with van der Waals surface area (Å²) in [4.78, 5) is 24.8. The summed E-state index contributed by atoms with van der Waals surface area (Å²) in [5.41, 5.74) is 0.218. The van der Waals surface area contributed by atoms with E-state index in [4.69, 9.17) is 16.0 Å². The highest BCUT2D eigenvalue weighted by molar-refractivity contribution is 6.31. The topological polar surface area (TPSA) is 79.8 Å². The summed E-state index contributed by atoms with van der Waals surface area (Å²) in [5.74, 6) is -0.542. The van der Waals surface area contributed by atoms with Gasteiger partial charge in [0.05, 0.1) is 24.3 Å². The van der Waals surface area contributed by atoms with Gasteiger partial charge >= 0.3 is 6.18 Å². The molecule has 0 aliphatic heterocycles. The molecule has 1 amide bonds. The lowest BCUT2D eigenvalue weighted by molar-refractivity contribution is -0.384. The standard InChI is InChI=1S/C17H17ClF3N3O4/c1-22(8-12-7-13(24(26)27)4-5-15(12)18)10-16(25)23(11-17(19,20)21)9-14-3-2-6-28-14/h2-7H,8-11H2,1H3. The van der Waals surface area contributed by atoms with Gasteiger partial charge < -0.3 is 9.32 Å². The van der Waals surface area contributed by atoms with Crippen LogP contribution in [0, 0.1) is 10.1 Å². The fourth-order valence-electron chi connectivity index (χ4n) is 2.51. The Hall–Kier alpha value is -2.59. The van der Waals surface area contributed by atoms with Crippen molar-refractivity contribution in [3.8, 4) is 0 Å². The second kappa shape index (κ2) is 9.07. The van der Waals surface area contributed by atoms with Gasteiger partial charge in [-0.1, -0.05) is 11.6 Å². The van der Waals surface area contributed by atoms with Crippen molar-refractivity contribution in [1.82, 2.24) is 9.80 Å². The van der Waals surface area contributed by atoms with Crippen molar-refractivity contribution in [2.75, 3.05) is 20.1 Å². The summed E-state index contributed by atoms with van der Waals surface area (Å²) in [5, 5.41) is 11.1. The Morgan fingerprint density at radius 2 is 2.00 bits per heavy atom. The molecular formula is C17H17ClF3N3O4. The van der Waals surface area contributed by atoms with Gasteiger partial charge in [0.1, 0.15) is 12.3 Å². The van der Waals surface area contributed by atoms with Crippen molar-refractivity contribution >= 4 is 23.2 Å². The van der Waals surface area contributed by atoms with E-state index in [0.29, 0.717) is 10.5 Å². The maximum atomic E-state index is 12.8. The molecule has 0 aliphatic rings. The van der Waals surface area contributed by atoms with Crippen LogP contribution >= 0.6 is 11.6 Å². The Kier molecular flexibility index (Phi) is 7.03. The maximum absolute atomic E-state index is 12.8. The van der Waals surface area contributed by atoms with Crippen molar-refractivity contribution in [3.63, 3.8) is 0 Å². The highest BCUT2D eigenvalue weighted by atomic mass is 35.5. The van der Waals surface area contributed by atoms with Gasteiger partial charge in [0.2, 0.25) is 5.91 Å². The molecule has 0 bridgehead atoms. The van der Waals surface area contributed by atoms with E-state index in [0.717, 1.165) is 0 Å². The number of nitro groups is 1. The Balaban J connectivity index is 2.07. The van der Waals surface area contributed by atoms with Crippen molar-refractivity contribution in [2.24, 2.45) is 0 Å². The van der Waals surface area contributed by atoms with Crippen LogP contribution in [0.4, 0.5) is 18.9 Å². The smallest absolute Gasteiger partial charge is 0.406 e. The average molecular weight is 420 g/mol. The number of amides is 1. The van der Waals surface area contributed by atoms with Gasteiger partial charge in [0.15, 0.2) is 0 Å². The van der Waals surface area contributed by atoms with Crippen LogP contribution in [0.2, 0.25) is 5.02 Å². The SMILES string of the molecule is CN(CC(=O)N(Cc1ccco1)CC(F)(F)F)Cc1cc([N+](=O)[O-])ccc1Cl. The molecule has 1 aromatic heterocycles. The zero-order valence-corrected chi connectivity index (χ0v) is 15.5. The lowest BCUT2D eigenvalue weighted by Gasteiger charge is -2.26. The van der Waals surface area contributed by atoms with E-state index in [1.165, 1.54) is 48.5 Å². The first-order valence-electron chi connectivity index (χ1n) is 8.03. The van der Waals surface area contributed by atoms with Gasteiger partial charge in [-0.2, -0.15) is 13.2 Å². The summed E-state index contributed by atoms with van der Waals surface area (Å²) in [7, 11) is 1.51. The molecule has 0 N–H and O–H groups in total. The molecule has 1 aromatic carbocycles. The van der Waals surface area contributed by atoms with E-state index in [1.807, 2.05) is 0 Å². The third kappa shape index (κ3) is 6.54. The Morgan fingerprint density at radius 3 is 2.57 bits per heavy atom. The zero-order valence-electron chi connectivity index (χ0n) is 14.8. The predicted octanol–water partition coefficient (Wildman–Crippen LogP) is 3.86. The van der Waals surface area contributed by atoms with Gasteiger partial charge in [-0.25, -0.2) is 0 Å². The molecule has 11 heteroatoms. The maximum Gasteiger partial charge on any atom is 0.406 e. The molecule has 0 spiro atoms. The van der Waals surface area contributed by atoms with Gasteiger partial charge in [0, 0.05) is 23.7 Å². The number of halogens is 4. The van der Waals surface area contributed by atoms with Gasteiger partial charge in [-0.05, 0) is 30.8 Å². The molecule has 0 radical (unpaired) electrons. The Morgan fingerprint density at radius 1 is 1.29 bits per heavy atom. The van der Waals surface area contributed by atoms with Gasteiger partial charge in [0.25, 0.3) is 5.69 Å². The number of benzene rings is 1. The monoisotopic (exact) mass is 419 g/mol. The van der Waals surface area contributed by atoms with Crippen LogP contribution in [0.15, 0.2) is 41.0 Å². The minimum Gasteiger partial charge on any atom is -0.467 e. The molecule has 0 atom stereocenters. The zero-order chi connectivity index (χ0) is 20.9. The lowest BCUT2D eigenvalue weighted by Crippen LogP contribution is -2.43. The van der Waals surface area contributed by atoms with Crippen LogP contribution in [-0.4, -0.2) is 46.9 Å². The van der Waals surface area contributed by atoms with Crippen molar-refractivity contribution in [2.45, 2.75) is 19.3 Å². The third-order valence-corrected chi connectivity index (χ3v) is 4.10. The molecule has 0 fully saturated rings. The van der Waals surface area contributed by atoms with Crippen molar-refractivity contribution < 1.29 is 27.3 Å². The third-order valence-electron chi connectivity index (χ3n) is 3.74. The van der Waals surface area contributed by atoms with Crippen LogP contribution in [0.5, 0.6) is 0 Å². The summed E-state index contributed by atoms with van der Waals surface area (Å²) in [6, 6.07) is 6.86.